The van der Waals surface area contributed by atoms with E-state index in [2.05, 4.69) is 34.3 Å². The number of aliphatic imine (C=N–C) groups is 1. The van der Waals surface area contributed by atoms with Crippen molar-refractivity contribution in [2.75, 3.05) is 26.7 Å². The Bertz CT molecular complexity index is 191. The fourth-order valence-corrected chi connectivity index (χ4v) is 1.44. The van der Waals surface area contributed by atoms with Crippen LogP contribution in [0.25, 0.3) is 0 Å². The SMILES string of the molecule is CC(N=C=S)[C@@H]1CN(C)CCO1. The van der Waals surface area contributed by atoms with E-state index in [1.807, 2.05) is 6.92 Å². The van der Waals surface area contributed by atoms with Gasteiger partial charge in [-0.15, -0.1) is 0 Å². The van der Waals surface area contributed by atoms with Crippen LogP contribution in [-0.2, 0) is 4.74 Å². The molecule has 0 radical (unpaired) electrons. The van der Waals surface area contributed by atoms with Gasteiger partial charge in [-0.1, -0.05) is 0 Å². The molecule has 1 aliphatic rings. The van der Waals surface area contributed by atoms with Crippen LogP contribution < -0.4 is 0 Å². The third-order valence-electron chi connectivity index (χ3n) is 2.09. The predicted molar refractivity (Wildman–Crippen MR) is 51.7 cm³/mol. The Kier molecular flexibility index (Phi) is 3.82. The first-order valence-corrected chi connectivity index (χ1v) is 4.52. The van der Waals surface area contributed by atoms with E-state index in [0.717, 1.165) is 19.7 Å². The Morgan fingerprint density at radius 3 is 3.08 bits per heavy atom. The summed E-state index contributed by atoms with van der Waals surface area (Å²) in [5.74, 6) is 0. The molecule has 3 nitrogen and oxygen atoms in total. The summed E-state index contributed by atoms with van der Waals surface area (Å²) in [7, 11) is 2.09. The second-order valence-electron chi connectivity index (χ2n) is 3.13. The molecular formula is C8H14N2OS. The fourth-order valence-electron chi connectivity index (χ4n) is 1.27. The van der Waals surface area contributed by atoms with Gasteiger partial charge in [-0.25, -0.2) is 4.99 Å². The first-order valence-electron chi connectivity index (χ1n) is 4.11. The number of hydrogen-bond donors (Lipinski definition) is 0. The number of thiocarbonyl (C=S) groups is 1. The average molecular weight is 186 g/mol. The van der Waals surface area contributed by atoms with Crippen molar-refractivity contribution in [3.63, 3.8) is 0 Å². The van der Waals surface area contributed by atoms with E-state index in [1.54, 1.807) is 0 Å². The first-order chi connectivity index (χ1) is 5.74. The van der Waals surface area contributed by atoms with Crippen molar-refractivity contribution in [2.45, 2.75) is 19.1 Å². The average Bonchev–Trinajstić information content (AvgIpc) is 2.05. The third-order valence-corrected chi connectivity index (χ3v) is 2.20. The molecule has 0 bridgehead atoms. The number of hydrogen-bond acceptors (Lipinski definition) is 4. The molecule has 0 aromatic heterocycles. The number of ether oxygens (including phenoxy) is 1. The molecule has 0 aromatic carbocycles. The molecule has 1 fully saturated rings. The summed E-state index contributed by atoms with van der Waals surface area (Å²) >= 11 is 4.54. The summed E-state index contributed by atoms with van der Waals surface area (Å²) in [6.07, 6.45) is 0.180. The van der Waals surface area contributed by atoms with Gasteiger partial charge in [-0.2, -0.15) is 0 Å². The van der Waals surface area contributed by atoms with Gasteiger partial charge < -0.3 is 9.64 Å². The summed E-state index contributed by atoms with van der Waals surface area (Å²) in [6, 6.07) is 0.130. The van der Waals surface area contributed by atoms with Gasteiger partial charge in [0.15, 0.2) is 0 Å². The van der Waals surface area contributed by atoms with Gasteiger partial charge in [-0.3, -0.25) is 0 Å². The van der Waals surface area contributed by atoms with Crippen molar-refractivity contribution in [2.24, 2.45) is 4.99 Å². The van der Waals surface area contributed by atoms with Crippen LogP contribution in [0.3, 0.4) is 0 Å². The molecule has 0 spiro atoms. The van der Waals surface area contributed by atoms with Gasteiger partial charge in [0.05, 0.1) is 23.9 Å². The molecule has 0 saturated carbocycles. The van der Waals surface area contributed by atoms with Crippen LogP contribution in [0.4, 0.5) is 0 Å². The largest absolute Gasteiger partial charge is 0.373 e. The number of morpholine rings is 1. The van der Waals surface area contributed by atoms with E-state index < -0.39 is 0 Å². The molecule has 4 heteroatoms. The highest BCUT2D eigenvalue weighted by Gasteiger charge is 2.22. The highest BCUT2D eigenvalue weighted by atomic mass is 32.1. The van der Waals surface area contributed by atoms with E-state index in [1.165, 1.54) is 0 Å². The zero-order valence-electron chi connectivity index (χ0n) is 7.49. The summed E-state index contributed by atoms with van der Waals surface area (Å²) < 4.78 is 5.54. The van der Waals surface area contributed by atoms with Crippen molar-refractivity contribution >= 4 is 17.4 Å². The van der Waals surface area contributed by atoms with E-state index >= 15 is 0 Å². The van der Waals surface area contributed by atoms with Gasteiger partial charge in [-0.05, 0) is 26.2 Å². The molecule has 1 unspecified atom stereocenters. The van der Waals surface area contributed by atoms with Crippen molar-refractivity contribution < 1.29 is 4.74 Å². The number of rotatable bonds is 2. The first kappa shape index (κ1) is 9.81. The number of likely N-dealkylation sites (N-methyl/N-ethyl adjacent to an activating group) is 1. The van der Waals surface area contributed by atoms with Crippen LogP contribution in [0, 0.1) is 0 Å². The minimum Gasteiger partial charge on any atom is -0.373 e. The van der Waals surface area contributed by atoms with E-state index in [-0.39, 0.29) is 12.1 Å². The quantitative estimate of drug-likeness (QED) is 0.471. The molecule has 68 valence electrons. The lowest BCUT2D eigenvalue weighted by atomic mass is 10.1. The summed E-state index contributed by atoms with van der Waals surface area (Å²) in [4.78, 5) is 6.24. The van der Waals surface area contributed by atoms with Crippen LogP contribution in [-0.4, -0.2) is 49.0 Å². The highest BCUT2D eigenvalue weighted by Crippen LogP contribution is 2.09. The highest BCUT2D eigenvalue weighted by molar-refractivity contribution is 7.78. The van der Waals surface area contributed by atoms with Crippen LogP contribution in [0.15, 0.2) is 4.99 Å². The molecule has 0 aromatic rings. The van der Waals surface area contributed by atoms with Crippen LogP contribution in [0.5, 0.6) is 0 Å². The lowest BCUT2D eigenvalue weighted by molar-refractivity contribution is -0.0285. The summed E-state index contributed by atoms with van der Waals surface area (Å²) in [6.45, 7) is 4.73. The fraction of sp³-hybridized carbons (Fsp3) is 0.875. The van der Waals surface area contributed by atoms with E-state index in [9.17, 15) is 0 Å². The van der Waals surface area contributed by atoms with Crippen molar-refractivity contribution in [3.8, 4) is 0 Å². The monoisotopic (exact) mass is 186 g/mol. The summed E-state index contributed by atoms with van der Waals surface area (Å²) in [5.41, 5.74) is 0. The van der Waals surface area contributed by atoms with Crippen molar-refractivity contribution in [3.05, 3.63) is 0 Å². The van der Waals surface area contributed by atoms with E-state index in [0.29, 0.717) is 0 Å². The maximum Gasteiger partial charge on any atom is 0.0930 e. The second-order valence-corrected chi connectivity index (χ2v) is 3.32. The standard InChI is InChI=1S/C8H14N2OS/c1-7(9-6-12)8-5-10(2)3-4-11-8/h7-8H,3-5H2,1-2H3/t7?,8-/m0/s1. The second kappa shape index (κ2) is 4.67. The Morgan fingerprint density at radius 2 is 2.50 bits per heavy atom. The Morgan fingerprint density at radius 1 is 1.75 bits per heavy atom. The van der Waals surface area contributed by atoms with Gasteiger partial charge >= 0.3 is 0 Å². The summed E-state index contributed by atoms with van der Waals surface area (Å²) in [5, 5.41) is 2.39. The minimum atomic E-state index is 0.130. The number of nitrogens with zero attached hydrogens (tertiary/aromatic N) is 2. The minimum absolute atomic E-state index is 0.130. The lowest BCUT2D eigenvalue weighted by Crippen LogP contribution is -2.44. The zero-order valence-corrected chi connectivity index (χ0v) is 8.30. The van der Waals surface area contributed by atoms with Crippen molar-refractivity contribution in [1.29, 1.82) is 0 Å². The predicted octanol–water partition coefficient (Wildman–Crippen LogP) is 0.808. The molecule has 0 aliphatic carbocycles. The Hall–Kier alpha value is -0.280. The molecule has 1 rings (SSSR count). The van der Waals surface area contributed by atoms with Gasteiger partial charge in [0, 0.05) is 13.1 Å². The molecular weight excluding hydrogens is 172 g/mol. The topological polar surface area (TPSA) is 24.8 Å². The molecule has 12 heavy (non-hydrogen) atoms. The molecule has 0 N–H and O–H groups in total. The van der Waals surface area contributed by atoms with Crippen LogP contribution >= 0.6 is 12.2 Å². The van der Waals surface area contributed by atoms with Gasteiger partial charge in [0.1, 0.15) is 0 Å². The molecule has 1 heterocycles. The van der Waals surface area contributed by atoms with Gasteiger partial charge in [0.2, 0.25) is 0 Å². The molecule has 1 saturated heterocycles. The number of isothiocyanates is 1. The van der Waals surface area contributed by atoms with E-state index in [4.69, 9.17) is 4.74 Å². The maximum absolute atomic E-state index is 5.54. The van der Waals surface area contributed by atoms with Crippen LogP contribution in [0.1, 0.15) is 6.92 Å². The normalized spacial score (nSPS) is 27.7. The lowest BCUT2D eigenvalue weighted by Gasteiger charge is -2.31. The maximum atomic E-state index is 5.54. The molecule has 2 atom stereocenters. The zero-order chi connectivity index (χ0) is 8.97. The smallest absolute Gasteiger partial charge is 0.0930 e. The Balaban J connectivity index is 2.44. The molecule has 0 amide bonds. The Labute approximate surface area is 78.4 Å². The van der Waals surface area contributed by atoms with Crippen molar-refractivity contribution in [1.82, 2.24) is 4.90 Å². The molecule has 1 aliphatic heterocycles. The van der Waals surface area contributed by atoms with Gasteiger partial charge in [0.25, 0.3) is 0 Å². The third kappa shape index (κ3) is 2.64. The van der Waals surface area contributed by atoms with Crippen LogP contribution in [0.2, 0.25) is 0 Å².